The Labute approximate surface area is 114 Å². The topological polar surface area (TPSA) is 66.8 Å². The zero-order chi connectivity index (χ0) is 13.0. The van der Waals surface area contributed by atoms with Crippen LogP contribution in [0.2, 0.25) is 0 Å². The van der Waals surface area contributed by atoms with Crippen molar-refractivity contribution >= 4 is 33.3 Å². The number of anilines is 2. The standard InChI is InChI=1S/C10H16N6S2/c1-4-16(10-13-8(3)15-18-10)6-5-11-9-12-7(2)14-17-9/h4-6H2,1-3H3,(H,11,12,14). The van der Waals surface area contributed by atoms with Crippen LogP contribution in [0.5, 0.6) is 0 Å². The third-order valence-corrected chi connectivity index (χ3v) is 3.99. The third-order valence-electron chi connectivity index (χ3n) is 2.35. The van der Waals surface area contributed by atoms with Crippen molar-refractivity contribution in [2.75, 3.05) is 29.9 Å². The van der Waals surface area contributed by atoms with E-state index in [1.54, 1.807) is 0 Å². The second kappa shape index (κ2) is 6.05. The number of nitrogens with zero attached hydrogens (tertiary/aromatic N) is 5. The molecule has 0 fully saturated rings. The molecule has 0 aromatic carbocycles. The van der Waals surface area contributed by atoms with Gasteiger partial charge in [-0.25, -0.2) is 9.97 Å². The highest BCUT2D eigenvalue weighted by molar-refractivity contribution is 7.10. The summed E-state index contributed by atoms with van der Waals surface area (Å²) in [6.07, 6.45) is 0. The lowest BCUT2D eigenvalue weighted by atomic mass is 10.5. The van der Waals surface area contributed by atoms with Gasteiger partial charge in [-0.1, -0.05) is 0 Å². The van der Waals surface area contributed by atoms with Crippen molar-refractivity contribution in [1.29, 1.82) is 0 Å². The predicted molar refractivity (Wildman–Crippen MR) is 75.7 cm³/mol. The number of aromatic nitrogens is 4. The Morgan fingerprint density at radius 1 is 1.11 bits per heavy atom. The van der Waals surface area contributed by atoms with Gasteiger partial charge >= 0.3 is 0 Å². The first-order valence-electron chi connectivity index (χ1n) is 5.78. The molecule has 2 aromatic rings. The van der Waals surface area contributed by atoms with Crippen molar-refractivity contribution in [3.8, 4) is 0 Å². The van der Waals surface area contributed by atoms with Crippen LogP contribution in [0.1, 0.15) is 18.6 Å². The first-order valence-corrected chi connectivity index (χ1v) is 7.33. The summed E-state index contributed by atoms with van der Waals surface area (Å²) in [4.78, 5) is 10.9. The number of hydrogen-bond acceptors (Lipinski definition) is 8. The van der Waals surface area contributed by atoms with E-state index in [1.807, 2.05) is 13.8 Å². The van der Waals surface area contributed by atoms with Crippen molar-refractivity contribution in [1.82, 2.24) is 18.7 Å². The molecule has 0 radical (unpaired) electrons. The fraction of sp³-hybridized carbons (Fsp3) is 0.600. The van der Waals surface area contributed by atoms with Crippen LogP contribution in [0, 0.1) is 13.8 Å². The molecule has 1 N–H and O–H groups in total. The molecule has 2 heterocycles. The summed E-state index contributed by atoms with van der Waals surface area (Å²) in [5.41, 5.74) is 0. The molecule has 0 atom stereocenters. The van der Waals surface area contributed by atoms with E-state index in [9.17, 15) is 0 Å². The highest BCUT2D eigenvalue weighted by atomic mass is 32.1. The van der Waals surface area contributed by atoms with E-state index in [-0.39, 0.29) is 0 Å². The van der Waals surface area contributed by atoms with Crippen LogP contribution in [0.25, 0.3) is 0 Å². The van der Waals surface area contributed by atoms with Gasteiger partial charge in [-0.05, 0) is 20.8 Å². The molecule has 8 heteroatoms. The van der Waals surface area contributed by atoms with Gasteiger partial charge in [-0.15, -0.1) is 0 Å². The second-order valence-electron chi connectivity index (χ2n) is 3.78. The molecule has 98 valence electrons. The van der Waals surface area contributed by atoms with E-state index in [0.717, 1.165) is 41.5 Å². The van der Waals surface area contributed by atoms with Crippen LogP contribution in [-0.4, -0.2) is 38.3 Å². The SMILES string of the molecule is CCN(CCNc1nc(C)ns1)c1nc(C)ns1. The van der Waals surface area contributed by atoms with Crippen LogP contribution in [0.15, 0.2) is 0 Å². The van der Waals surface area contributed by atoms with E-state index < -0.39 is 0 Å². The molecular weight excluding hydrogens is 268 g/mol. The Balaban J connectivity index is 1.84. The maximum Gasteiger partial charge on any atom is 0.205 e. The average molecular weight is 284 g/mol. The zero-order valence-corrected chi connectivity index (χ0v) is 12.3. The fourth-order valence-corrected chi connectivity index (χ4v) is 2.83. The molecular formula is C10H16N6S2. The van der Waals surface area contributed by atoms with Crippen LogP contribution in [-0.2, 0) is 0 Å². The summed E-state index contributed by atoms with van der Waals surface area (Å²) < 4.78 is 8.33. The number of aryl methyl sites for hydroxylation is 2. The average Bonchev–Trinajstić information content (AvgIpc) is 2.94. The fourth-order valence-electron chi connectivity index (χ4n) is 1.47. The van der Waals surface area contributed by atoms with Crippen molar-refractivity contribution in [3.63, 3.8) is 0 Å². The Bertz CT molecular complexity index is 494. The second-order valence-corrected chi connectivity index (χ2v) is 5.26. The first-order chi connectivity index (χ1) is 8.69. The minimum absolute atomic E-state index is 0.814. The molecule has 0 aliphatic rings. The Morgan fingerprint density at radius 3 is 2.39 bits per heavy atom. The van der Waals surface area contributed by atoms with Crippen LogP contribution in [0.4, 0.5) is 10.3 Å². The molecule has 0 saturated heterocycles. The normalized spacial score (nSPS) is 10.6. The Hall–Kier alpha value is -1.28. The van der Waals surface area contributed by atoms with Crippen molar-refractivity contribution in [2.24, 2.45) is 0 Å². The predicted octanol–water partition coefficient (Wildman–Crippen LogP) is 1.94. The molecule has 18 heavy (non-hydrogen) atoms. The van der Waals surface area contributed by atoms with Gasteiger partial charge in [-0.3, -0.25) is 0 Å². The van der Waals surface area contributed by atoms with E-state index in [4.69, 9.17) is 0 Å². The first kappa shape index (κ1) is 13.2. The Morgan fingerprint density at radius 2 is 1.83 bits per heavy atom. The Kier molecular flexibility index (Phi) is 4.43. The summed E-state index contributed by atoms with van der Waals surface area (Å²) >= 11 is 2.84. The van der Waals surface area contributed by atoms with Gasteiger partial charge in [0, 0.05) is 42.7 Å². The zero-order valence-electron chi connectivity index (χ0n) is 10.7. The van der Waals surface area contributed by atoms with Gasteiger partial charge < -0.3 is 10.2 Å². The molecule has 0 spiro atoms. The van der Waals surface area contributed by atoms with Crippen LogP contribution in [0.3, 0.4) is 0 Å². The van der Waals surface area contributed by atoms with Gasteiger partial charge in [0.05, 0.1) is 0 Å². The monoisotopic (exact) mass is 284 g/mol. The largest absolute Gasteiger partial charge is 0.359 e. The van der Waals surface area contributed by atoms with E-state index in [0.29, 0.717) is 0 Å². The van der Waals surface area contributed by atoms with Crippen LogP contribution < -0.4 is 10.2 Å². The summed E-state index contributed by atoms with van der Waals surface area (Å²) in [5.74, 6) is 1.65. The molecule has 0 saturated carbocycles. The molecule has 0 aliphatic carbocycles. The van der Waals surface area contributed by atoms with E-state index in [2.05, 4.69) is 35.9 Å². The van der Waals surface area contributed by atoms with Gasteiger partial charge in [0.2, 0.25) is 10.3 Å². The summed E-state index contributed by atoms with van der Waals surface area (Å²) in [6.45, 7) is 8.54. The molecule has 0 aliphatic heterocycles. The number of hydrogen-bond donors (Lipinski definition) is 1. The number of nitrogens with one attached hydrogen (secondary N) is 1. The molecule has 0 bridgehead atoms. The van der Waals surface area contributed by atoms with Crippen molar-refractivity contribution in [3.05, 3.63) is 11.6 Å². The highest BCUT2D eigenvalue weighted by Gasteiger charge is 2.09. The molecule has 6 nitrogen and oxygen atoms in total. The quantitative estimate of drug-likeness (QED) is 0.874. The molecule has 2 aromatic heterocycles. The maximum atomic E-state index is 4.39. The smallest absolute Gasteiger partial charge is 0.205 e. The molecule has 2 rings (SSSR count). The molecule has 0 unspecified atom stereocenters. The van der Waals surface area contributed by atoms with Gasteiger partial charge in [0.15, 0.2) is 0 Å². The minimum Gasteiger partial charge on any atom is -0.359 e. The molecule has 0 amide bonds. The summed E-state index contributed by atoms with van der Waals surface area (Å²) in [5, 5.41) is 5.12. The minimum atomic E-state index is 0.814. The maximum absolute atomic E-state index is 4.39. The number of rotatable bonds is 6. The summed E-state index contributed by atoms with van der Waals surface area (Å²) in [7, 11) is 0. The number of likely N-dealkylation sites (N-methyl/N-ethyl adjacent to an activating group) is 1. The van der Waals surface area contributed by atoms with Gasteiger partial charge in [0.25, 0.3) is 0 Å². The lowest BCUT2D eigenvalue weighted by Crippen LogP contribution is -2.28. The highest BCUT2D eigenvalue weighted by Crippen LogP contribution is 2.16. The van der Waals surface area contributed by atoms with Crippen LogP contribution >= 0.6 is 23.1 Å². The van der Waals surface area contributed by atoms with Gasteiger partial charge in [-0.2, -0.15) is 8.75 Å². The van der Waals surface area contributed by atoms with Gasteiger partial charge in [0.1, 0.15) is 11.6 Å². The van der Waals surface area contributed by atoms with E-state index in [1.165, 1.54) is 23.1 Å². The van der Waals surface area contributed by atoms with E-state index >= 15 is 0 Å². The van der Waals surface area contributed by atoms with Crippen molar-refractivity contribution in [2.45, 2.75) is 20.8 Å². The summed E-state index contributed by atoms with van der Waals surface area (Å²) in [6, 6.07) is 0. The lowest BCUT2D eigenvalue weighted by molar-refractivity contribution is 0.827. The lowest BCUT2D eigenvalue weighted by Gasteiger charge is -2.18. The third kappa shape index (κ3) is 3.36. The van der Waals surface area contributed by atoms with Crippen molar-refractivity contribution < 1.29 is 0 Å².